The first kappa shape index (κ1) is 18.6. The summed E-state index contributed by atoms with van der Waals surface area (Å²) in [6.07, 6.45) is 4.04. The Morgan fingerprint density at radius 3 is 2.75 bits per heavy atom. The quantitative estimate of drug-likeness (QED) is 0.676. The number of piperidine rings is 1. The molecule has 146 valence electrons. The predicted molar refractivity (Wildman–Crippen MR) is 104 cm³/mol. The molecular formula is C21H24N4O3. The smallest absolute Gasteiger partial charge is 0.273 e. The molecule has 0 aliphatic carbocycles. The average molecular weight is 380 g/mol. The van der Waals surface area contributed by atoms with E-state index in [1.54, 1.807) is 20.2 Å². The van der Waals surface area contributed by atoms with Crippen LogP contribution in [0.2, 0.25) is 0 Å². The van der Waals surface area contributed by atoms with Crippen molar-refractivity contribution in [3.63, 3.8) is 0 Å². The molecule has 0 unspecified atom stereocenters. The molecule has 1 aliphatic rings. The van der Waals surface area contributed by atoms with Crippen molar-refractivity contribution in [2.24, 2.45) is 0 Å². The number of carbonyl (C=O) groups excluding carboxylic acids is 1. The van der Waals surface area contributed by atoms with Crippen molar-refractivity contribution < 1.29 is 14.1 Å². The van der Waals surface area contributed by atoms with Crippen molar-refractivity contribution in [3.05, 3.63) is 53.9 Å². The Hall–Kier alpha value is -2.80. The fourth-order valence-electron chi connectivity index (χ4n) is 3.98. The van der Waals surface area contributed by atoms with Gasteiger partial charge in [-0.3, -0.25) is 9.78 Å². The number of pyridine rings is 1. The first-order valence-corrected chi connectivity index (χ1v) is 9.56. The SMILES string of the molecule is COCCC1(c2noc(C)n2)CCN(C(=O)c2nccc3ccccc23)CC1. The summed E-state index contributed by atoms with van der Waals surface area (Å²) in [4.78, 5) is 23.9. The highest BCUT2D eigenvalue weighted by Gasteiger charge is 2.41. The van der Waals surface area contributed by atoms with Gasteiger partial charge in [-0.15, -0.1) is 0 Å². The highest BCUT2D eigenvalue weighted by atomic mass is 16.5. The monoisotopic (exact) mass is 380 g/mol. The van der Waals surface area contributed by atoms with E-state index in [9.17, 15) is 4.79 Å². The Morgan fingerprint density at radius 2 is 2.04 bits per heavy atom. The van der Waals surface area contributed by atoms with Crippen molar-refractivity contribution in [1.82, 2.24) is 20.0 Å². The number of benzene rings is 1. The van der Waals surface area contributed by atoms with Gasteiger partial charge in [0.2, 0.25) is 5.89 Å². The van der Waals surface area contributed by atoms with Crippen LogP contribution in [0.1, 0.15) is 41.5 Å². The summed E-state index contributed by atoms with van der Waals surface area (Å²) in [6.45, 7) is 3.67. The van der Waals surface area contributed by atoms with E-state index < -0.39 is 0 Å². The largest absolute Gasteiger partial charge is 0.385 e. The molecule has 1 aliphatic heterocycles. The lowest BCUT2D eigenvalue weighted by Gasteiger charge is -2.39. The van der Waals surface area contributed by atoms with Crippen LogP contribution >= 0.6 is 0 Å². The summed E-state index contributed by atoms with van der Waals surface area (Å²) < 4.78 is 10.5. The number of fused-ring (bicyclic) bond motifs is 1. The number of nitrogens with zero attached hydrogens (tertiary/aromatic N) is 4. The van der Waals surface area contributed by atoms with Crippen molar-refractivity contribution >= 4 is 16.7 Å². The molecule has 0 spiro atoms. The Kier molecular flexibility index (Phi) is 5.09. The number of aromatic nitrogens is 3. The summed E-state index contributed by atoms with van der Waals surface area (Å²) in [5.41, 5.74) is 0.286. The van der Waals surface area contributed by atoms with E-state index in [1.165, 1.54) is 0 Å². The lowest BCUT2D eigenvalue weighted by Crippen LogP contribution is -2.46. The standard InChI is InChI=1S/C21H24N4O3/c1-15-23-20(24-28-15)21(10-14-27-2)8-12-25(13-9-21)19(26)18-17-6-4-3-5-16(17)7-11-22-18/h3-7,11H,8-10,12-14H2,1-2H3. The van der Waals surface area contributed by atoms with E-state index in [1.807, 2.05) is 35.2 Å². The number of carbonyl (C=O) groups is 1. The second-order valence-electron chi connectivity index (χ2n) is 7.33. The van der Waals surface area contributed by atoms with Gasteiger partial charge in [0.25, 0.3) is 5.91 Å². The first-order valence-electron chi connectivity index (χ1n) is 9.56. The molecule has 1 fully saturated rings. The van der Waals surface area contributed by atoms with Crippen molar-refractivity contribution in [2.75, 3.05) is 26.8 Å². The molecule has 0 bridgehead atoms. The Bertz CT molecular complexity index is 971. The summed E-state index contributed by atoms with van der Waals surface area (Å²) in [5.74, 6) is 1.25. The molecule has 28 heavy (non-hydrogen) atoms. The molecule has 0 radical (unpaired) electrons. The Balaban J connectivity index is 1.55. The van der Waals surface area contributed by atoms with Gasteiger partial charge in [-0.25, -0.2) is 0 Å². The van der Waals surface area contributed by atoms with Crippen molar-refractivity contribution in [2.45, 2.75) is 31.6 Å². The van der Waals surface area contributed by atoms with E-state index >= 15 is 0 Å². The predicted octanol–water partition coefficient (Wildman–Crippen LogP) is 3.14. The second kappa shape index (κ2) is 7.67. The lowest BCUT2D eigenvalue weighted by atomic mass is 9.75. The fourth-order valence-corrected chi connectivity index (χ4v) is 3.98. The zero-order valence-electron chi connectivity index (χ0n) is 16.2. The molecular weight excluding hydrogens is 356 g/mol. The third-order valence-corrected chi connectivity index (χ3v) is 5.67. The van der Waals surface area contributed by atoms with E-state index in [2.05, 4.69) is 15.1 Å². The normalized spacial score (nSPS) is 16.4. The summed E-state index contributed by atoms with van der Waals surface area (Å²) in [5, 5.41) is 6.09. The number of methoxy groups -OCH3 is 1. The van der Waals surface area contributed by atoms with Gasteiger partial charge in [0.15, 0.2) is 5.82 Å². The van der Waals surface area contributed by atoms with Crippen LogP contribution in [0.25, 0.3) is 10.8 Å². The number of amides is 1. The number of likely N-dealkylation sites (tertiary alicyclic amines) is 1. The maximum absolute atomic E-state index is 13.2. The average Bonchev–Trinajstić information content (AvgIpc) is 3.19. The summed E-state index contributed by atoms with van der Waals surface area (Å²) in [6, 6.07) is 9.78. The number of rotatable bonds is 5. The van der Waals surface area contributed by atoms with Gasteiger partial charge in [-0.05, 0) is 30.7 Å². The van der Waals surface area contributed by atoms with Crippen molar-refractivity contribution in [1.29, 1.82) is 0 Å². The topological polar surface area (TPSA) is 81.4 Å². The van der Waals surface area contributed by atoms with Crippen LogP contribution in [0.3, 0.4) is 0 Å². The van der Waals surface area contributed by atoms with Gasteiger partial charge in [0, 0.05) is 50.7 Å². The summed E-state index contributed by atoms with van der Waals surface area (Å²) in [7, 11) is 1.69. The molecule has 3 heterocycles. The number of aryl methyl sites for hydroxylation is 1. The van der Waals surface area contributed by atoms with Crippen LogP contribution in [0.4, 0.5) is 0 Å². The van der Waals surface area contributed by atoms with Crippen LogP contribution in [-0.4, -0.2) is 52.7 Å². The molecule has 1 saturated heterocycles. The van der Waals surface area contributed by atoms with Gasteiger partial charge >= 0.3 is 0 Å². The number of hydrogen-bond donors (Lipinski definition) is 0. The zero-order valence-corrected chi connectivity index (χ0v) is 16.2. The Morgan fingerprint density at radius 1 is 1.25 bits per heavy atom. The highest BCUT2D eigenvalue weighted by Crippen LogP contribution is 2.37. The van der Waals surface area contributed by atoms with Crippen LogP contribution in [0, 0.1) is 6.92 Å². The Labute approximate surface area is 163 Å². The molecule has 7 nitrogen and oxygen atoms in total. The van der Waals surface area contributed by atoms with Gasteiger partial charge in [0.1, 0.15) is 5.69 Å². The molecule has 0 saturated carbocycles. The first-order chi connectivity index (χ1) is 13.6. The molecule has 0 atom stereocenters. The van der Waals surface area contributed by atoms with E-state index in [0.717, 1.165) is 35.9 Å². The van der Waals surface area contributed by atoms with Crippen molar-refractivity contribution in [3.8, 4) is 0 Å². The highest BCUT2D eigenvalue weighted by molar-refractivity contribution is 6.05. The third kappa shape index (κ3) is 3.38. The molecule has 1 amide bonds. The van der Waals surface area contributed by atoms with Crippen LogP contribution < -0.4 is 0 Å². The molecule has 0 N–H and O–H groups in total. The second-order valence-corrected chi connectivity index (χ2v) is 7.33. The molecule has 3 aromatic rings. The minimum Gasteiger partial charge on any atom is -0.385 e. The van der Waals surface area contributed by atoms with E-state index in [4.69, 9.17) is 9.26 Å². The van der Waals surface area contributed by atoms with Gasteiger partial charge in [0.05, 0.1) is 0 Å². The van der Waals surface area contributed by atoms with E-state index in [-0.39, 0.29) is 11.3 Å². The van der Waals surface area contributed by atoms with Gasteiger partial charge in [-0.1, -0.05) is 29.4 Å². The van der Waals surface area contributed by atoms with Gasteiger partial charge < -0.3 is 14.2 Å². The summed E-state index contributed by atoms with van der Waals surface area (Å²) >= 11 is 0. The molecule has 1 aromatic carbocycles. The lowest BCUT2D eigenvalue weighted by molar-refractivity contribution is 0.0613. The number of hydrogen-bond acceptors (Lipinski definition) is 6. The molecule has 4 rings (SSSR count). The van der Waals surface area contributed by atoms with Crippen LogP contribution in [-0.2, 0) is 10.2 Å². The van der Waals surface area contributed by atoms with Crippen LogP contribution in [0.5, 0.6) is 0 Å². The minimum atomic E-state index is -0.225. The van der Waals surface area contributed by atoms with Crippen LogP contribution in [0.15, 0.2) is 41.1 Å². The molecule has 7 heteroatoms. The third-order valence-electron chi connectivity index (χ3n) is 5.67. The van der Waals surface area contributed by atoms with Gasteiger partial charge in [-0.2, -0.15) is 4.98 Å². The molecule has 2 aromatic heterocycles. The maximum atomic E-state index is 13.2. The number of ether oxygens (including phenoxy) is 1. The minimum absolute atomic E-state index is 0.0264. The zero-order chi connectivity index (χ0) is 19.6. The van der Waals surface area contributed by atoms with E-state index in [0.29, 0.717) is 31.3 Å². The fraction of sp³-hybridized carbons (Fsp3) is 0.429. The maximum Gasteiger partial charge on any atom is 0.273 e.